The van der Waals surface area contributed by atoms with Gasteiger partial charge in [0.05, 0.1) is 17.1 Å². The van der Waals surface area contributed by atoms with Gasteiger partial charge in [0.25, 0.3) is 0 Å². The number of carbonyl (C=O) groups excluding carboxylic acids is 1. The Morgan fingerprint density at radius 1 is 1.04 bits per heavy atom. The van der Waals surface area contributed by atoms with Crippen LogP contribution in [-0.2, 0) is 9.47 Å². The van der Waals surface area contributed by atoms with Gasteiger partial charge in [-0.1, -0.05) is 30.4 Å². The normalized spacial score (nSPS) is 10.7. The molecule has 0 saturated heterocycles. The van der Waals surface area contributed by atoms with Crippen LogP contribution >= 0.6 is 15.9 Å². The van der Waals surface area contributed by atoms with Crippen molar-refractivity contribution < 1.29 is 19.0 Å². The summed E-state index contributed by atoms with van der Waals surface area (Å²) in [4.78, 5) is 11.4. The van der Waals surface area contributed by atoms with Crippen LogP contribution in [-0.4, -0.2) is 27.0 Å². The molecule has 0 amide bonds. The smallest absolute Gasteiger partial charge is 0.337 e. The van der Waals surface area contributed by atoms with Gasteiger partial charge in [0.15, 0.2) is 6.79 Å². The number of ether oxygens (including phenoxy) is 3. The van der Waals surface area contributed by atoms with E-state index in [2.05, 4.69) is 20.7 Å². The number of benzene rings is 2. The topological polar surface area (TPSA) is 44.8 Å². The highest BCUT2D eigenvalue weighted by molar-refractivity contribution is 9.10. The van der Waals surface area contributed by atoms with Crippen molar-refractivity contribution in [2.75, 3.05) is 21.0 Å². The van der Waals surface area contributed by atoms with Crippen molar-refractivity contribution in [2.45, 2.75) is 0 Å². The molecule has 0 aliphatic heterocycles. The molecule has 2 aromatic carbocycles. The second kappa shape index (κ2) is 8.50. The Bertz CT molecular complexity index is 693. The number of carbonyl (C=O) groups is 1. The lowest BCUT2D eigenvalue weighted by molar-refractivity contribution is 0.0505. The Morgan fingerprint density at radius 3 is 2.30 bits per heavy atom. The van der Waals surface area contributed by atoms with Crippen LogP contribution in [0.5, 0.6) is 5.75 Å². The second-order valence-corrected chi connectivity index (χ2v) is 5.54. The van der Waals surface area contributed by atoms with E-state index in [0.717, 1.165) is 21.3 Å². The molecule has 0 heterocycles. The molecular weight excluding hydrogens is 360 g/mol. The highest BCUT2D eigenvalue weighted by Crippen LogP contribution is 2.26. The fourth-order valence-corrected chi connectivity index (χ4v) is 2.41. The summed E-state index contributed by atoms with van der Waals surface area (Å²) in [5.74, 6) is 0.391. The molecule has 0 bridgehead atoms. The summed E-state index contributed by atoms with van der Waals surface area (Å²) >= 11 is 3.47. The van der Waals surface area contributed by atoms with Crippen LogP contribution in [0.2, 0.25) is 0 Å². The first-order valence-corrected chi connectivity index (χ1v) is 7.71. The summed E-state index contributed by atoms with van der Waals surface area (Å²) in [7, 11) is 2.95. The molecule has 2 aromatic rings. The summed E-state index contributed by atoms with van der Waals surface area (Å²) in [5.41, 5.74) is 2.55. The summed E-state index contributed by atoms with van der Waals surface area (Å²) in [6.45, 7) is 0.209. The van der Waals surface area contributed by atoms with E-state index >= 15 is 0 Å². The highest BCUT2D eigenvalue weighted by atomic mass is 79.9. The molecule has 4 nitrogen and oxygen atoms in total. The minimum atomic E-state index is -0.337. The fraction of sp³-hybridized carbons (Fsp3) is 0.167. The molecular formula is C18H17BrO4. The van der Waals surface area contributed by atoms with Crippen LogP contribution in [0.25, 0.3) is 12.2 Å². The lowest BCUT2D eigenvalue weighted by atomic mass is 10.1. The zero-order valence-corrected chi connectivity index (χ0v) is 14.5. The molecule has 0 radical (unpaired) electrons. The van der Waals surface area contributed by atoms with E-state index in [9.17, 15) is 4.79 Å². The van der Waals surface area contributed by atoms with Gasteiger partial charge in [-0.2, -0.15) is 0 Å². The molecule has 0 fully saturated rings. The molecule has 0 saturated carbocycles. The minimum Gasteiger partial charge on any atom is -0.466 e. The third-order valence-electron chi connectivity index (χ3n) is 3.09. The van der Waals surface area contributed by atoms with Crippen molar-refractivity contribution in [1.29, 1.82) is 0 Å². The van der Waals surface area contributed by atoms with Gasteiger partial charge in [-0.25, -0.2) is 4.79 Å². The van der Waals surface area contributed by atoms with E-state index in [1.165, 1.54) is 7.11 Å². The minimum absolute atomic E-state index is 0.209. The number of rotatable bonds is 6. The summed E-state index contributed by atoms with van der Waals surface area (Å²) in [5, 5.41) is 0. The average molecular weight is 377 g/mol. The standard InChI is InChI=1S/C18H17BrO4/c1-21-12-23-17-10-7-14(11-16(17)19)4-3-13-5-8-15(9-6-13)18(20)22-2/h3-11H,12H2,1-2H3/b4-3+. The van der Waals surface area contributed by atoms with Crippen LogP contribution in [0, 0.1) is 0 Å². The number of hydrogen-bond acceptors (Lipinski definition) is 4. The van der Waals surface area contributed by atoms with Crippen molar-refractivity contribution in [3.8, 4) is 5.75 Å². The zero-order chi connectivity index (χ0) is 16.7. The van der Waals surface area contributed by atoms with Crippen molar-refractivity contribution in [2.24, 2.45) is 0 Å². The fourth-order valence-electron chi connectivity index (χ4n) is 1.90. The maximum atomic E-state index is 11.4. The molecule has 120 valence electrons. The van der Waals surface area contributed by atoms with E-state index in [1.807, 2.05) is 42.5 Å². The van der Waals surface area contributed by atoms with Crippen molar-refractivity contribution in [1.82, 2.24) is 0 Å². The number of hydrogen-bond donors (Lipinski definition) is 0. The van der Waals surface area contributed by atoms with Crippen LogP contribution in [0.15, 0.2) is 46.9 Å². The van der Waals surface area contributed by atoms with Gasteiger partial charge in [-0.15, -0.1) is 0 Å². The molecule has 0 spiro atoms. The Morgan fingerprint density at radius 2 is 1.70 bits per heavy atom. The van der Waals surface area contributed by atoms with Crippen LogP contribution in [0.1, 0.15) is 21.5 Å². The van der Waals surface area contributed by atoms with Gasteiger partial charge < -0.3 is 14.2 Å². The van der Waals surface area contributed by atoms with Gasteiger partial charge in [0.1, 0.15) is 5.75 Å². The molecule has 0 aliphatic rings. The lowest BCUT2D eigenvalue weighted by Crippen LogP contribution is -2.00. The number of halogens is 1. The van der Waals surface area contributed by atoms with E-state index in [-0.39, 0.29) is 12.8 Å². The van der Waals surface area contributed by atoms with E-state index in [0.29, 0.717) is 5.56 Å². The Hall–Kier alpha value is -2.11. The average Bonchev–Trinajstić information content (AvgIpc) is 2.59. The molecule has 2 rings (SSSR count). The van der Waals surface area contributed by atoms with Crippen molar-refractivity contribution in [3.05, 3.63) is 63.6 Å². The third-order valence-corrected chi connectivity index (χ3v) is 3.71. The van der Waals surface area contributed by atoms with Gasteiger partial charge in [0, 0.05) is 7.11 Å². The van der Waals surface area contributed by atoms with Crippen LogP contribution in [0.4, 0.5) is 0 Å². The Kier molecular flexibility index (Phi) is 6.38. The van der Waals surface area contributed by atoms with E-state index in [4.69, 9.17) is 9.47 Å². The van der Waals surface area contributed by atoms with Gasteiger partial charge in [-0.05, 0) is 51.3 Å². The highest BCUT2D eigenvalue weighted by Gasteiger charge is 2.03. The molecule has 5 heteroatoms. The first-order chi connectivity index (χ1) is 11.1. The first kappa shape index (κ1) is 17.2. The van der Waals surface area contributed by atoms with Crippen molar-refractivity contribution in [3.63, 3.8) is 0 Å². The quantitative estimate of drug-likeness (QED) is 0.426. The predicted octanol–water partition coefficient (Wildman–Crippen LogP) is 4.39. The van der Waals surface area contributed by atoms with Crippen LogP contribution in [0.3, 0.4) is 0 Å². The van der Waals surface area contributed by atoms with Gasteiger partial charge in [-0.3, -0.25) is 0 Å². The summed E-state index contributed by atoms with van der Waals surface area (Å²) < 4.78 is 15.8. The maximum Gasteiger partial charge on any atom is 0.337 e. The summed E-state index contributed by atoms with van der Waals surface area (Å²) in [6.07, 6.45) is 3.95. The number of methoxy groups -OCH3 is 2. The monoisotopic (exact) mass is 376 g/mol. The third kappa shape index (κ3) is 4.94. The molecule has 0 aromatic heterocycles. The predicted molar refractivity (Wildman–Crippen MR) is 93.4 cm³/mol. The van der Waals surface area contributed by atoms with E-state index in [1.54, 1.807) is 19.2 Å². The largest absolute Gasteiger partial charge is 0.466 e. The molecule has 0 N–H and O–H groups in total. The second-order valence-electron chi connectivity index (χ2n) is 4.69. The lowest BCUT2D eigenvalue weighted by Gasteiger charge is -2.07. The zero-order valence-electron chi connectivity index (χ0n) is 12.9. The number of esters is 1. The van der Waals surface area contributed by atoms with Crippen LogP contribution < -0.4 is 4.74 Å². The first-order valence-electron chi connectivity index (χ1n) is 6.92. The SMILES string of the molecule is COCOc1ccc(/C=C/c2ccc(C(=O)OC)cc2)cc1Br. The maximum absolute atomic E-state index is 11.4. The molecule has 0 unspecified atom stereocenters. The molecule has 23 heavy (non-hydrogen) atoms. The Balaban J connectivity index is 2.07. The molecule has 0 atom stereocenters. The van der Waals surface area contributed by atoms with Gasteiger partial charge >= 0.3 is 5.97 Å². The van der Waals surface area contributed by atoms with E-state index < -0.39 is 0 Å². The van der Waals surface area contributed by atoms with Crippen molar-refractivity contribution >= 4 is 34.1 Å². The Labute approximate surface area is 143 Å². The van der Waals surface area contributed by atoms with Gasteiger partial charge in [0.2, 0.25) is 0 Å². The summed E-state index contributed by atoms with van der Waals surface area (Å²) in [6, 6.07) is 13.0. The molecule has 0 aliphatic carbocycles.